The maximum atomic E-state index is 10.6. The summed E-state index contributed by atoms with van der Waals surface area (Å²) in [5, 5.41) is -0.940. The minimum atomic E-state index is -2.67. The molecule has 1 atom stereocenters. The molecule has 0 saturated carbocycles. The Hall–Kier alpha value is -0.940. The lowest BCUT2D eigenvalue weighted by molar-refractivity contribution is 0.259. The Morgan fingerprint density at radius 3 is 2.30 bits per heavy atom. The molecule has 5 heteroatoms. The number of nitrogens with zero attached hydrogens (tertiary/aromatic N) is 1. The van der Waals surface area contributed by atoms with E-state index in [1.807, 2.05) is 0 Å². The van der Waals surface area contributed by atoms with E-state index in [0.717, 1.165) is 4.57 Å². The summed E-state index contributed by atoms with van der Waals surface area (Å²) in [5.41, 5.74) is 0. The molecule has 54 valence electrons. The molecule has 1 aromatic rings. The van der Waals surface area contributed by atoms with E-state index in [-0.39, 0.29) is 0 Å². The lowest BCUT2D eigenvalue weighted by Gasteiger charge is -2.02. The normalized spacial score (nSPS) is 12.9. The number of carbonyl (C=O) groups is 1. The molecule has 0 saturated heterocycles. The molecule has 1 aromatic heterocycles. The van der Waals surface area contributed by atoms with Gasteiger partial charge in [0.1, 0.15) is 0 Å². The van der Waals surface area contributed by atoms with Gasteiger partial charge in [0.15, 0.2) is 0 Å². The molecule has 1 heterocycles. The first kappa shape index (κ1) is 7.17. The Morgan fingerprint density at radius 2 is 1.90 bits per heavy atom. The number of aromatic nitrogens is 1. The van der Waals surface area contributed by atoms with E-state index in [9.17, 15) is 13.6 Å². The first-order valence-corrected chi connectivity index (χ1v) is 3.56. The van der Waals surface area contributed by atoms with E-state index in [2.05, 4.69) is 0 Å². The van der Waals surface area contributed by atoms with Gasteiger partial charge in [-0.2, -0.15) is 0 Å². The van der Waals surface area contributed by atoms with Gasteiger partial charge in [-0.1, -0.05) is 0 Å². The van der Waals surface area contributed by atoms with Crippen LogP contribution >= 0.6 is 0 Å². The number of carbonyl (C=O) groups excluding carboxylic acids is 1. The molecule has 10 heavy (non-hydrogen) atoms. The van der Waals surface area contributed by atoms with Gasteiger partial charge in [-0.25, -0.2) is 0 Å². The minimum absolute atomic E-state index is 0.940. The second-order valence-corrected chi connectivity index (χ2v) is 2.41. The molecule has 0 fully saturated rings. The van der Waals surface area contributed by atoms with Crippen molar-refractivity contribution in [3.8, 4) is 0 Å². The Bertz CT molecular complexity index is 254. The first-order valence-electron chi connectivity index (χ1n) is 2.48. The van der Waals surface area contributed by atoms with E-state index < -0.39 is 16.3 Å². The standard InChI is InChI=1S/C5H5NO3S/c7-5(10(8)9)6-3-1-2-4-6/h1-4H,(H,8,9)/p-1. The average Bonchev–Trinajstić information content (AvgIpc) is 2.36. The molecule has 0 aromatic carbocycles. The van der Waals surface area contributed by atoms with Crippen molar-refractivity contribution >= 4 is 16.3 Å². The van der Waals surface area contributed by atoms with Crippen molar-refractivity contribution in [2.24, 2.45) is 0 Å². The quantitative estimate of drug-likeness (QED) is 0.511. The van der Waals surface area contributed by atoms with Crippen molar-refractivity contribution in [3.63, 3.8) is 0 Å². The zero-order valence-corrected chi connectivity index (χ0v) is 5.71. The number of hydrogen-bond donors (Lipinski definition) is 0. The van der Waals surface area contributed by atoms with Crippen LogP contribution in [0.2, 0.25) is 0 Å². The maximum absolute atomic E-state index is 10.6. The van der Waals surface area contributed by atoms with Crippen LogP contribution in [0.4, 0.5) is 4.79 Å². The molecule has 0 aliphatic heterocycles. The van der Waals surface area contributed by atoms with E-state index in [0.29, 0.717) is 0 Å². The maximum Gasteiger partial charge on any atom is 0.306 e. The van der Waals surface area contributed by atoms with Gasteiger partial charge in [0.2, 0.25) is 0 Å². The molecule has 0 aliphatic carbocycles. The van der Waals surface area contributed by atoms with Crippen LogP contribution in [0, 0.1) is 0 Å². The third-order valence-electron chi connectivity index (χ3n) is 0.958. The van der Waals surface area contributed by atoms with Gasteiger partial charge in [0.25, 0.3) is 0 Å². The monoisotopic (exact) mass is 158 g/mol. The van der Waals surface area contributed by atoms with Crippen LogP contribution in [-0.4, -0.2) is 18.6 Å². The predicted octanol–water partition coefficient (Wildman–Crippen LogP) is 0.335. The largest absolute Gasteiger partial charge is 0.765 e. The summed E-state index contributed by atoms with van der Waals surface area (Å²) in [6.45, 7) is 0. The molecule has 0 bridgehead atoms. The predicted molar refractivity (Wildman–Crippen MR) is 34.1 cm³/mol. The third-order valence-corrected chi connectivity index (χ3v) is 1.45. The van der Waals surface area contributed by atoms with Crippen molar-refractivity contribution in [1.82, 2.24) is 4.57 Å². The fourth-order valence-corrected chi connectivity index (χ4v) is 0.836. The summed E-state index contributed by atoms with van der Waals surface area (Å²) in [4.78, 5) is 10.6. The molecule has 0 amide bonds. The average molecular weight is 158 g/mol. The summed E-state index contributed by atoms with van der Waals surface area (Å²) >= 11 is -2.67. The van der Waals surface area contributed by atoms with Crippen LogP contribution < -0.4 is 0 Å². The molecule has 4 nitrogen and oxygen atoms in total. The van der Waals surface area contributed by atoms with Crippen molar-refractivity contribution in [3.05, 3.63) is 24.5 Å². The van der Waals surface area contributed by atoms with E-state index in [4.69, 9.17) is 0 Å². The van der Waals surface area contributed by atoms with Crippen molar-refractivity contribution in [2.45, 2.75) is 0 Å². The first-order chi connectivity index (χ1) is 4.72. The molecule has 0 radical (unpaired) electrons. The summed E-state index contributed by atoms with van der Waals surface area (Å²) < 4.78 is 21.0. The SMILES string of the molecule is O=C(n1cccc1)S(=O)[O-]. The molecular weight excluding hydrogens is 154 g/mol. The van der Waals surface area contributed by atoms with Crippen LogP contribution in [0.15, 0.2) is 24.5 Å². The number of rotatable bonds is 0. The Labute approximate surface area is 59.8 Å². The van der Waals surface area contributed by atoms with Crippen LogP contribution in [0.3, 0.4) is 0 Å². The minimum Gasteiger partial charge on any atom is -0.765 e. The Kier molecular flexibility index (Phi) is 1.98. The van der Waals surface area contributed by atoms with Crippen LogP contribution in [0.5, 0.6) is 0 Å². The molecular formula is C5H4NO3S-. The second kappa shape index (κ2) is 2.76. The van der Waals surface area contributed by atoms with E-state index >= 15 is 0 Å². The Morgan fingerprint density at radius 1 is 1.40 bits per heavy atom. The number of hydrogen-bond acceptors (Lipinski definition) is 3. The summed E-state index contributed by atoms with van der Waals surface area (Å²) in [6.07, 6.45) is 2.75. The zero-order chi connectivity index (χ0) is 7.56. The van der Waals surface area contributed by atoms with Gasteiger partial charge in [0, 0.05) is 23.5 Å². The van der Waals surface area contributed by atoms with Gasteiger partial charge in [-0.3, -0.25) is 13.6 Å². The van der Waals surface area contributed by atoms with Gasteiger partial charge < -0.3 is 4.55 Å². The van der Waals surface area contributed by atoms with Crippen molar-refractivity contribution < 1.29 is 13.6 Å². The lowest BCUT2D eigenvalue weighted by atomic mass is 10.7. The van der Waals surface area contributed by atoms with Crippen molar-refractivity contribution in [2.75, 3.05) is 0 Å². The highest BCUT2D eigenvalue weighted by Crippen LogP contribution is 1.92. The van der Waals surface area contributed by atoms with E-state index in [1.165, 1.54) is 12.4 Å². The highest BCUT2D eigenvalue weighted by Gasteiger charge is 2.00. The van der Waals surface area contributed by atoms with Gasteiger partial charge in [-0.15, -0.1) is 0 Å². The molecule has 0 spiro atoms. The third kappa shape index (κ3) is 1.31. The lowest BCUT2D eigenvalue weighted by Crippen LogP contribution is -2.12. The highest BCUT2D eigenvalue weighted by molar-refractivity contribution is 7.95. The topological polar surface area (TPSA) is 62.1 Å². The van der Waals surface area contributed by atoms with Gasteiger partial charge in [-0.05, 0) is 12.1 Å². The molecule has 0 N–H and O–H groups in total. The van der Waals surface area contributed by atoms with Crippen LogP contribution in [0.25, 0.3) is 0 Å². The van der Waals surface area contributed by atoms with Gasteiger partial charge in [0.05, 0.1) is 0 Å². The second-order valence-electron chi connectivity index (χ2n) is 1.59. The van der Waals surface area contributed by atoms with E-state index in [1.54, 1.807) is 12.1 Å². The fourth-order valence-electron chi connectivity index (χ4n) is 0.542. The summed E-state index contributed by atoms with van der Waals surface area (Å²) in [5.74, 6) is 0. The Balaban J connectivity index is 2.88. The van der Waals surface area contributed by atoms with Crippen LogP contribution in [0.1, 0.15) is 0 Å². The smallest absolute Gasteiger partial charge is 0.306 e. The van der Waals surface area contributed by atoms with Crippen molar-refractivity contribution in [1.29, 1.82) is 0 Å². The molecule has 1 unspecified atom stereocenters. The summed E-state index contributed by atoms with van der Waals surface area (Å²) in [6, 6.07) is 3.15. The zero-order valence-electron chi connectivity index (χ0n) is 4.89. The summed E-state index contributed by atoms with van der Waals surface area (Å²) in [7, 11) is 0. The molecule has 0 aliphatic rings. The highest BCUT2D eigenvalue weighted by atomic mass is 32.2. The molecule has 1 rings (SSSR count). The fraction of sp³-hybridized carbons (Fsp3) is 0. The van der Waals surface area contributed by atoms with Gasteiger partial charge >= 0.3 is 5.24 Å². The van der Waals surface area contributed by atoms with Crippen LogP contribution in [-0.2, 0) is 11.1 Å².